The minimum Gasteiger partial charge on any atom is -0.872 e. The van der Waals surface area contributed by atoms with Crippen molar-refractivity contribution in [1.82, 2.24) is 24.1 Å². The quantitative estimate of drug-likeness (QED) is 0.154. The summed E-state index contributed by atoms with van der Waals surface area (Å²) in [5.41, 5.74) is 10.1. The predicted octanol–water partition coefficient (Wildman–Crippen LogP) is 6.60. The van der Waals surface area contributed by atoms with Crippen LogP contribution in [0.2, 0.25) is 0 Å². The van der Waals surface area contributed by atoms with Crippen LogP contribution in [0, 0.1) is 0 Å². The SMILES string of the molecule is [Li+].[O-]c1ccccc1-c1ccc2ccc3ccc(-c4cc(-n5c6ccccc6c6cc7c(cc65)c5ccccc5n7-c5ccccc5)ncn4)nc3c2[nH+]1. The van der Waals surface area contributed by atoms with Crippen LogP contribution in [0.5, 0.6) is 5.75 Å². The van der Waals surface area contributed by atoms with Crippen LogP contribution in [0.1, 0.15) is 0 Å². The van der Waals surface area contributed by atoms with Crippen LogP contribution < -0.4 is 29.0 Å². The minimum absolute atomic E-state index is 0. The summed E-state index contributed by atoms with van der Waals surface area (Å²) in [6.45, 7) is 0. The molecule has 54 heavy (non-hydrogen) atoms. The van der Waals surface area contributed by atoms with Gasteiger partial charge in [0.15, 0.2) is 0 Å². The van der Waals surface area contributed by atoms with Crippen LogP contribution in [-0.4, -0.2) is 24.1 Å². The van der Waals surface area contributed by atoms with E-state index in [0.29, 0.717) is 11.3 Å². The largest absolute Gasteiger partial charge is 1.00 e. The average molecular weight is 688 g/mol. The van der Waals surface area contributed by atoms with Crippen LogP contribution in [0.3, 0.4) is 0 Å². The molecular formula is C46H28LiN6O+. The topological polar surface area (TPSA) is 85.7 Å². The number of aromatic nitrogens is 6. The van der Waals surface area contributed by atoms with E-state index in [1.807, 2.05) is 36.4 Å². The molecule has 0 amide bonds. The molecule has 0 bridgehead atoms. The van der Waals surface area contributed by atoms with Gasteiger partial charge in [-0.25, -0.2) is 19.9 Å². The van der Waals surface area contributed by atoms with Crippen LogP contribution in [-0.2, 0) is 0 Å². The Bertz CT molecular complexity index is 3260. The van der Waals surface area contributed by atoms with Gasteiger partial charge in [0.1, 0.15) is 17.7 Å². The molecule has 0 spiro atoms. The van der Waals surface area contributed by atoms with Crippen molar-refractivity contribution in [2.24, 2.45) is 0 Å². The summed E-state index contributed by atoms with van der Waals surface area (Å²) in [5, 5.41) is 19.3. The van der Waals surface area contributed by atoms with Crippen LogP contribution >= 0.6 is 0 Å². The first-order chi connectivity index (χ1) is 26.2. The summed E-state index contributed by atoms with van der Waals surface area (Å²) in [6.07, 6.45) is 1.62. The van der Waals surface area contributed by atoms with Gasteiger partial charge in [0.25, 0.3) is 0 Å². The Balaban J connectivity index is 0.00000361. The number of pyridine rings is 2. The number of benzene rings is 6. The molecule has 0 saturated carbocycles. The van der Waals surface area contributed by atoms with E-state index in [4.69, 9.17) is 15.0 Å². The maximum atomic E-state index is 12.7. The molecule has 8 heteroatoms. The van der Waals surface area contributed by atoms with Gasteiger partial charge in [-0.05, 0) is 60.7 Å². The molecule has 0 unspecified atom stereocenters. The van der Waals surface area contributed by atoms with E-state index >= 15 is 0 Å². The molecule has 7 nitrogen and oxygen atoms in total. The van der Waals surface area contributed by atoms with E-state index in [9.17, 15) is 5.11 Å². The number of para-hydroxylation sites is 4. The number of nitrogens with zero attached hydrogens (tertiary/aromatic N) is 5. The summed E-state index contributed by atoms with van der Waals surface area (Å²) in [4.78, 5) is 18.3. The fourth-order valence-corrected chi connectivity index (χ4v) is 7.95. The summed E-state index contributed by atoms with van der Waals surface area (Å²) in [7, 11) is 0. The number of aromatic amines is 1. The molecule has 0 aliphatic rings. The first-order valence-corrected chi connectivity index (χ1v) is 17.6. The van der Waals surface area contributed by atoms with E-state index in [-0.39, 0.29) is 24.6 Å². The Labute approximate surface area is 321 Å². The van der Waals surface area contributed by atoms with Crippen molar-refractivity contribution in [1.29, 1.82) is 0 Å². The molecule has 0 radical (unpaired) electrons. The zero-order valence-corrected chi connectivity index (χ0v) is 29.2. The number of hydrogen-bond acceptors (Lipinski definition) is 4. The molecule has 5 heterocycles. The first kappa shape index (κ1) is 31.9. The van der Waals surface area contributed by atoms with Gasteiger partial charge in [0, 0.05) is 55.7 Å². The normalized spacial score (nSPS) is 11.6. The molecule has 6 aromatic carbocycles. The van der Waals surface area contributed by atoms with Gasteiger partial charge < -0.3 is 9.67 Å². The summed E-state index contributed by atoms with van der Waals surface area (Å²) >= 11 is 0. The Morgan fingerprint density at radius 1 is 0.500 bits per heavy atom. The molecule has 0 aliphatic heterocycles. The van der Waals surface area contributed by atoms with Crippen molar-refractivity contribution >= 4 is 65.4 Å². The third kappa shape index (κ3) is 4.84. The number of fused-ring (bicyclic) bond motifs is 9. The van der Waals surface area contributed by atoms with Crippen molar-refractivity contribution in [3.05, 3.63) is 164 Å². The van der Waals surface area contributed by atoms with E-state index in [2.05, 4.69) is 123 Å². The maximum absolute atomic E-state index is 12.7. The zero-order valence-electron chi connectivity index (χ0n) is 29.2. The molecule has 0 atom stereocenters. The Hall–Kier alpha value is -6.78. The Morgan fingerprint density at radius 3 is 1.91 bits per heavy atom. The van der Waals surface area contributed by atoms with Crippen LogP contribution in [0.15, 0.2) is 164 Å². The summed E-state index contributed by atoms with van der Waals surface area (Å²) in [6, 6.07) is 53.6. The molecule has 0 aliphatic carbocycles. The van der Waals surface area contributed by atoms with Gasteiger partial charge in [0.2, 0.25) is 11.2 Å². The number of nitrogens with one attached hydrogen (secondary N) is 1. The molecular weight excluding hydrogens is 659 g/mol. The van der Waals surface area contributed by atoms with Gasteiger partial charge in [-0.2, -0.15) is 0 Å². The second-order valence-electron chi connectivity index (χ2n) is 13.4. The number of hydrogen-bond donors (Lipinski definition) is 0. The monoisotopic (exact) mass is 687 g/mol. The fourth-order valence-electron chi connectivity index (χ4n) is 7.95. The molecule has 5 aromatic heterocycles. The van der Waals surface area contributed by atoms with Crippen molar-refractivity contribution in [2.75, 3.05) is 0 Å². The van der Waals surface area contributed by atoms with Gasteiger partial charge in [-0.3, -0.25) is 4.57 Å². The van der Waals surface area contributed by atoms with Crippen molar-refractivity contribution in [3.63, 3.8) is 0 Å². The molecule has 11 aromatic rings. The van der Waals surface area contributed by atoms with Gasteiger partial charge in [-0.15, -0.1) is 0 Å². The summed E-state index contributed by atoms with van der Waals surface area (Å²) < 4.78 is 4.59. The fraction of sp³-hybridized carbons (Fsp3) is 0. The zero-order chi connectivity index (χ0) is 35.0. The van der Waals surface area contributed by atoms with E-state index < -0.39 is 0 Å². The second-order valence-corrected chi connectivity index (χ2v) is 13.4. The van der Waals surface area contributed by atoms with Gasteiger partial charge in [0.05, 0.1) is 33.5 Å². The van der Waals surface area contributed by atoms with Crippen LogP contribution in [0.25, 0.3) is 99.6 Å². The molecule has 0 fully saturated rings. The molecule has 248 valence electrons. The predicted molar refractivity (Wildman–Crippen MR) is 210 cm³/mol. The van der Waals surface area contributed by atoms with Crippen molar-refractivity contribution in [2.45, 2.75) is 0 Å². The minimum atomic E-state index is -0.0294. The van der Waals surface area contributed by atoms with E-state index in [0.717, 1.165) is 77.5 Å². The number of H-pyrrole nitrogens is 1. The standard InChI is InChI=1S/C46H28N6O.Li/c53-43-17-9-6-14-33(43)36-22-20-28-18-19-29-21-23-37(50-46(29)45(28)49-36)38-26-44(48-27-47-38)52-40-16-8-5-13-32(40)35-24-41-34(25-42(35)52)31-12-4-7-15-39(31)51(41)30-10-2-1-3-11-30;/h1-27,53H;/q;+1. The van der Waals surface area contributed by atoms with Crippen molar-refractivity contribution in [3.8, 4) is 39.9 Å². The maximum Gasteiger partial charge on any atom is 1.00 e. The Kier molecular flexibility index (Phi) is 7.34. The third-order valence-electron chi connectivity index (χ3n) is 10.4. The van der Waals surface area contributed by atoms with Gasteiger partial charge in [-0.1, -0.05) is 90.7 Å². The van der Waals surface area contributed by atoms with Crippen molar-refractivity contribution < 1.29 is 29.0 Å². The summed E-state index contributed by atoms with van der Waals surface area (Å²) in [5.74, 6) is 0.728. The molecule has 0 saturated heterocycles. The second kappa shape index (κ2) is 12.4. The van der Waals surface area contributed by atoms with Crippen LogP contribution in [0.4, 0.5) is 0 Å². The third-order valence-corrected chi connectivity index (χ3v) is 10.4. The van der Waals surface area contributed by atoms with E-state index in [1.165, 1.54) is 10.8 Å². The Morgan fingerprint density at radius 2 is 1.13 bits per heavy atom. The molecule has 1 N–H and O–H groups in total. The molecule has 11 rings (SSSR count). The van der Waals surface area contributed by atoms with Gasteiger partial charge >= 0.3 is 18.9 Å². The van der Waals surface area contributed by atoms with E-state index in [1.54, 1.807) is 18.5 Å². The average Bonchev–Trinajstić information content (AvgIpc) is 3.72. The first-order valence-electron chi connectivity index (χ1n) is 17.6. The number of rotatable bonds is 4. The smallest absolute Gasteiger partial charge is 0.872 e.